The first kappa shape index (κ1) is 17.0. The summed E-state index contributed by atoms with van der Waals surface area (Å²) in [7, 11) is 0. The van der Waals surface area contributed by atoms with Gasteiger partial charge in [-0.05, 0) is 35.4 Å². The van der Waals surface area contributed by atoms with Crippen molar-refractivity contribution in [1.82, 2.24) is 4.90 Å². The summed E-state index contributed by atoms with van der Waals surface area (Å²) in [6.45, 7) is 0.283. The molecule has 2 aromatic carbocycles. The predicted molar refractivity (Wildman–Crippen MR) is 97.5 cm³/mol. The highest BCUT2D eigenvalue weighted by molar-refractivity contribution is 6.00. The molecular weight excluding hydrogens is 347 g/mol. The number of anilines is 1. The van der Waals surface area contributed by atoms with E-state index < -0.39 is 17.8 Å². The lowest BCUT2D eigenvalue weighted by molar-refractivity contribution is -0.121. The first-order valence-electron chi connectivity index (χ1n) is 8.60. The van der Waals surface area contributed by atoms with Crippen LogP contribution >= 0.6 is 0 Å². The van der Waals surface area contributed by atoms with Crippen LogP contribution in [0.5, 0.6) is 0 Å². The maximum absolute atomic E-state index is 13.9. The Kier molecular flexibility index (Phi) is 4.46. The Labute approximate surface area is 155 Å². The molecule has 0 aliphatic carbocycles. The summed E-state index contributed by atoms with van der Waals surface area (Å²) >= 11 is 0. The molecular formula is C21H17FN2O3. The molecule has 2 heterocycles. The lowest BCUT2D eigenvalue weighted by atomic mass is 9.93. The van der Waals surface area contributed by atoms with Crippen molar-refractivity contribution < 1.29 is 18.4 Å². The molecule has 0 fully saturated rings. The van der Waals surface area contributed by atoms with Gasteiger partial charge in [0.1, 0.15) is 11.9 Å². The van der Waals surface area contributed by atoms with E-state index in [9.17, 15) is 14.0 Å². The van der Waals surface area contributed by atoms with Crippen LogP contribution in [0.2, 0.25) is 0 Å². The van der Waals surface area contributed by atoms with E-state index in [4.69, 9.17) is 4.42 Å². The van der Waals surface area contributed by atoms with Crippen molar-refractivity contribution in [3.8, 4) is 0 Å². The Balaban J connectivity index is 1.65. The monoisotopic (exact) mass is 364 g/mol. The van der Waals surface area contributed by atoms with Gasteiger partial charge in [0.05, 0.1) is 12.0 Å². The van der Waals surface area contributed by atoms with Gasteiger partial charge < -0.3 is 14.6 Å². The van der Waals surface area contributed by atoms with Crippen molar-refractivity contribution in [1.29, 1.82) is 0 Å². The fraction of sp³-hybridized carbons (Fsp3) is 0.143. The van der Waals surface area contributed by atoms with E-state index >= 15 is 0 Å². The summed E-state index contributed by atoms with van der Waals surface area (Å²) in [5.41, 5.74) is 2.06. The summed E-state index contributed by atoms with van der Waals surface area (Å²) < 4.78 is 19.1. The third kappa shape index (κ3) is 3.33. The Hall–Kier alpha value is -3.41. The SMILES string of the molecule is O=C(Nc1ccccc1F)[C@@H]1Cc2ccccc2CN1C(=O)c1ccco1. The van der Waals surface area contributed by atoms with Crippen molar-refractivity contribution >= 4 is 17.5 Å². The molecule has 0 saturated carbocycles. The standard InChI is InChI=1S/C21H17FN2O3/c22-16-8-3-4-9-17(16)23-20(25)18-12-14-6-1-2-7-15(14)13-24(18)21(26)19-10-5-11-27-19/h1-11,18H,12-13H2,(H,23,25)/t18-/m0/s1. The van der Waals surface area contributed by atoms with Crippen LogP contribution < -0.4 is 5.32 Å². The lowest BCUT2D eigenvalue weighted by Gasteiger charge is -2.35. The maximum Gasteiger partial charge on any atom is 0.290 e. The van der Waals surface area contributed by atoms with Crippen LogP contribution in [0.1, 0.15) is 21.7 Å². The fourth-order valence-corrected chi connectivity index (χ4v) is 3.29. The molecule has 3 aromatic rings. The number of para-hydroxylation sites is 1. The molecule has 0 radical (unpaired) electrons. The van der Waals surface area contributed by atoms with Crippen LogP contribution in [0.3, 0.4) is 0 Å². The zero-order chi connectivity index (χ0) is 18.8. The summed E-state index contributed by atoms with van der Waals surface area (Å²) in [4.78, 5) is 27.3. The van der Waals surface area contributed by atoms with Gasteiger partial charge in [-0.25, -0.2) is 4.39 Å². The van der Waals surface area contributed by atoms with Crippen LogP contribution in [-0.4, -0.2) is 22.8 Å². The number of hydrogen-bond donors (Lipinski definition) is 1. The van der Waals surface area contributed by atoms with Crippen LogP contribution in [0.25, 0.3) is 0 Å². The minimum Gasteiger partial charge on any atom is -0.459 e. The summed E-state index contributed by atoms with van der Waals surface area (Å²) in [6, 6.07) is 16.0. The molecule has 0 bridgehead atoms. The largest absolute Gasteiger partial charge is 0.459 e. The minimum absolute atomic E-state index is 0.0896. The Morgan fingerprint density at radius 2 is 1.74 bits per heavy atom. The van der Waals surface area contributed by atoms with E-state index in [1.54, 1.807) is 24.3 Å². The smallest absolute Gasteiger partial charge is 0.290 e. The molecule has 1 N–H and O–H groups in total. The number of fused-ring (bicyclic) bond motifs is 1. The van der Waals surface area contributed by atoms with Gasteiger partial charge in [-0.2, -0.15) is 0 Å². The topological polar surface area (TPSA) is 62.6 Å². The number of nitrogens with one attached hydrogen (secondary N) is 1. The second-order valence-electron chi connectivity index (χ2n) is 6.37. The van der Waals surface area contributed by atoms with Gasteiger partial charge in [-0.3, -0.25) is 9.59 Å². The number of halogens is 1. The Morgan fingerprint density at radius 3 is 2.48 bits per heavy atom. The first-order chi connectivity index (χ1) is 13.1. The molecule has 0 spiro atoms. The average molecular weight is 364 g/mol. The zero-order valence-corrected chi connectivity index (χ0v) is 14.4. The first-order valence-corrected chi connectivity index (χ1v) is 8.60. The van der Waals surface area contributed by atoms with Gasteiger partial charge in [0.15, 0.2) is 5.76 Å². The number of nitrogens with zero attached hydrogens (tertiary/aromatic N) is 1. The molecule has 0 saturated heterocycles. The fourth-order valence-electron chi connectivity index (χ4n) is 3.29. The van der Waals surface area contributed by atoms with Gasteiger partial charge in [0, 0.05) is 13.0 Å². The van der Waals surface area contributed by atoms with Crippen molar-refractivity contribution in [2.45, 2.75) is 19.0 Å². The van der Waals surface area contributed by atoms with Gasteiger partial charge >= 0.3 is 0 Å². The van der Waals surface area contributed by atoms with Crippen LogP contribution in [-0.2, 0) is 17.8 Å². The Morgan fingerprint density at radius 1 is 1.00 bits per heavy atom. The molecule has 1 aromatic heterocycles. The quantitative estimate of drug-likeness (QED) is 0.772. The third-order valence-corrected chi connectivity index (χ3v) is 4.68. The molecule has 4 rings (SSSR count). The van der Waals surface area contributed by atoms with Crippen molar-refractivity contribution in [3.05, 3.63) is 89.6 Å². The van der Waals surface area contributed by atoms with Crippen LogP contribution in [0.4, 0.5) is 10.1 Å². The molecule has 5 nitrogen and oxygen atoms in total. The lowest BCUT2D eigenvalue weighted by Crippen LogP contribution is -2.50. The highest BCUT2D eigenvalue weighted by atomic mass is 19.1. The van der Waals surface area contributed by atoms with Gasteiger partial charge in [-0.15, -0.1) is 0 Å². The number of amides is 2. The molecule has 1 aliphatic rings. The Bertz CT molecular complexity index is 985. The molecule has 1 aliphatic heterocycles. The second-order valence-corrected chi connectivity index (χ2v) is 6.37. The van der Waals surface area contributed by atoms with Gasteiger partial charge in [-0.1, -0.05) is 36.4 Å². The number of furan rings is 1. The van der Waals surface area contributed by atoms with Gasteiger partial charge in [0.25, 0.3) is 5.91 Å². The number of rotatable bonds is 3. The molecule has 27 heavy (non-hydrogen) atoms. The summed E-state index contributed by atoms with van der Waals surface area (Å²) in [6.07, 6.45) is 1.77. The molecule has 0 unspecified atom stereocenters. The molecule has 6 heteroatoms. The average Bonchev–Trinajstić information content (AvgIpc) is 3.23. The van der Waals surface area contributed by atoms with E-state index in [2.05, 4.69) is 5.32 Å². The van der Waals surface area contributed by atoms with E-state index in [1.165, 1.54) is 23.3 Å². The molecule has 136 valence electrons. The number of benzene rings is 2. The van der Waals surface area contributed by atoms with Crippen LogP contribution in [0, 0.1) is 5.82 Å². The highest BCUT2D eigenvalue weighted by Gasteiger charge is 2.36. The predicted octanol–water partition coefficient (Wildman–Crippen LogP) is 3.62. The van der Waals surface area contributed by atoms with Crippen molar-refractivity contribution in [2.75, 3.05) is 5.32 Å². The number of hydrogen-bond acceptors (Lipinski definition) is 3. The molecule has 2 amide bonds. The third-order valence-electron chi connectivity index (χ3n) is 4.68. The van der Waals surface area contributed by atoms with E-state index in [0.717, 1.165) is 11.1 Å². The van der Waals surface area contributed by atoms with E-state index in [0.29, 0.717) is 6.42 Å². The highest BCUT2D eigenvalue weighted by Crippen LogP contribution is 2.26. The number of carbonyl (C=O) groups is 2. The summed E-state index contributed by atoms with van der Waals surface area (Å²) in [5.74, 6) is -1.17. The van der Waals surface area contributed by atoms with Crippen molar-refractivity contribution in [2.24, 2.45) is 0 Å². The van der Waals surface area contributed by atoms with Crippen molar-refractivity contribution in [3.63, 3.8) is 0 Å². The van der Waals surface area contributed by atoms with Crippen LogP contribution in [0.15, 0.2) is 71.3 Å². The van der Waals surface area contributed by atoms with Gasteiger partial charge in [0.2, 0.25) is 5.91 Å². The second kappa shape index (κ2) is 7.07. The normalized spacial score (nSPS) is 15.9. The van der Waals surface area contributed by atoms with E-state index in [-0.39, 0.29) is 23.9 Å². The zero-order valence-electron chi connectivity index (χ0n) is 14.4. The molecule has 1 atom stereocenters. The number of carbonyl (C=O) groups excluding carboxylic acids is 2. The maximum atomic E-state index is 13.9. The summed E-state index contributed by atoms with van der Waals surface area (Å²) in [5, 5.41) is 2.60. The minimum atomic E-state index is -0.767. The van der Waals surface area contributed by atoms with E-state index in [1.807, 2.05) is 24.3 Å².